The molecule has 54 heavy (non-hydrogen) atoms. The molecule has 1 aromatic heterocycles. The average Bonchev–Trinajstić information content (AvgIpc) is 3.30. The van der Waals surface area contributed by atoms with Gasteiger partial charge in [-0.15, -0.1) is 0 Å². The van der Waals surface area contributed by atoms with Gasteiger partial charge in [-0.2, -0.15) is 5.26 Å². The lowest BCUT2D eigenvalue weighted by atomic mass is 10.0. The first-order valence-electron chi connectivity index (χ1n) is 17.7. The van der Waals surface area contributed by atoms with E-state index in [1.54, 1.807) is 11.8 Å². The predicted octanol–water partition coefficient (Wildman–Crippen LogP) is 11.6. The van der Waals surface area contributed by atoms with Crippen molar-refractivity contribution in [3.63, 3.8) is 0 Å². The Bertz CT molecular complexity index is 2590. The third-order valence-corrected chi connectivity index (χ3v) is 10.6. The normalized spacial score (nSPS) is 15.5. The van der Waals surface area contributed by atoms with Crippen LogP contribution in [-0.4, -0.2) is 21.5 Å². The van der Waals surface area contributed by atoms with Gasteiger partial charge >= 0.3 is 0 Å². The molecular weight excluding hydrogens is 681 g/mol. The zero-order valence-corrected chi connectivity index (χ0v) is 30.0. The van der Waals surface area contributed by atoms with Crippen LogP contribution in [0, 0.1) is 11.3 Å². The molecule has 2 aliphatic rings. The van der Waals surface area contributed by atoms with Crippen molar-refractivity contribution in [2.75, 3.05) is 16.3 Å². The molecule has 0 amide bonds. The Morgan fingerprint density at radius 1 is 0.593 bits per heavy atom. The second kappa shape index (κ2) is 14.2. The molecule has 0 radical (unpaired) electrons. The monoisotopic (exact) mass is 712 g/mol. The Hall–Kier alpha value is -7.01. The highest BCUT2D eigenvalue weighted by Gasteiger charge is 2.29. The molecule has 9 rings (SSSR count). The molecule has 0 saturated heterocycles. The van der Waals surface area contributed by atoms with Gasteiger partial charge in [-0.05, 0) is 66.3 Å². The average molecular weight is 713 g/mol. The molecule has 0 atom stereocenters. The third-order valence-electron chi connectivity index (χ3n) is 9.51. The summed E-state index contributed by atoms with van der Waals surface area (Å²) in [7, 11) is 0. The van der Waals surface area contributed by atoms with Crippen LogP contribution in [0.1, 0.15) is 11.1 Å². The molecule has 7 aromatic rings. The summed E-state index contributed by atoms with van der Waals surface area (Å²) in [6.07, 6.45) is 4.45. The molecule has 6 aromatic carbocycles. The molecule has 0 bridgehead atoms. The Morgan fingerprint density at radius 3 is 1.83 bits per heavy atom. The van der Waals surface area contributed by atoms with Gasteiger partial charge in [-0.3, -0.25) is 0 Å². The number of nitrogens with zero attached hydrogens (tertiary/aromatic N) is 6. The number of aromatic nitrogens is 3. The molecule has 0 fully saturated rings. The molecular formula is C47H32N6S. The molecule has 256 valence electrons. The Balaban J connectivity index is 1.18. The van der Waals surface area contributed by atoms with Gasteiger partial charge in [-0.25, -0.2) is 15.0 Å². The summed E-state index contributed by atoms with van der Waals surface area (Å²) in [5.74, 6) is 1.63. The number of benzene rings is 6. The number of anilines is 4. The van der Waals surface area contributed by atoms with Crippen LogP contribution in [0.5, 0.6) is 0 Å². The second-order valence-corrected chi connectivity index (χ2v) is 14.0. The highest BCUT2D eigenvalue weighted by molar-refractivity contribution is 8.03. The van der Waals surface area contributed by atoms with E-state index >= 15 is 0 Å². The number of allylic oxidation sites excluding steroid dienone is 2. The molecule has 0 unspecified atom stereocenters. The van der Waals surface area contributed by atoms with E-state index in [9.17, 15) is 5.26 Å². The van der Waals surface area contributed by atoms with E-state index in [0.29, 0.717) is 29.6 Å². The van der Waals surface area contributed by atoms with Crippen molar-refractivity contribution in [2.45, 2.75) is 4.90 Å². The summed E-state index contributed by atoms with van der Waals surface area (Å²) in [6, 6.07) is 55.4. The van der Waals surface area contributed by atoms with Gasteiger partial charge in [0.2, 0.25) is 0 Å². The van der Waals surface area contributed by atoms with Gasteiger partial charge in [0.15, 0.2) is 17.5 Å². The minimum Gasteiger partial charge on any atom is -0.336 e. The zero-order valence-electron chi connectivity index (χ0n) is 29.2. The van der Waals surface area contributed by atoms with Crippen LogP contribution >= 0.6 is 11.8 Å². The minimum atomic E-state index is 0.497. The summed E-state index contributed by atoms with van der Waals surface area (Å²) < 4.78 is 0. The fourth-order valence-corrected chi connectivity index (χ4v) is 8.08. The van der Waals surface area contributed by atoms with Crippen molar-refractivity contribution in [3.05, 3.63) is 198 Å². The highest BCUT2D eigenvalue weighted by Crippen LogP contribution is 2.51. The molecule has 0 N–H and O–H groups in total. The van der Waals surface area contributed by atoms with Crippen LogP contribution in [0.15, 0.2) is 192 Å². The Morgan fingerprint density at radius 2 is 1.17 bits per heavy atom. The van der Waals surface area contributed by atoms with Crippen LogP contribution in [0.3, 0.4) is 0 Å². The van der Waals surface area contributed by atoms with Crippen LogP contribution in [-0.2, 0) is 0 Å². The van der Waals surface area contributed by atoms with E-state index in [4.69, 9.17) is 15.0 Å². The van der Waals surface area contributed by atoms with Crippen LogP contribution in [0.2, 0.25) is 0 Å². The van der Waals surface area contributed by atoms with Gasteiger partial charge in [0.25, 0.3) is 0 Å². The number of nitriles is 1. The first-order chi connectivity index (χ1) is 26.6. The van der Waals surface area contributed by atoms with E-state index in [1.165, 1.54) is 4.90 Å². The second-order valence-electron chi connectivity index (χ2n) is 12.9. The van der Waals surface area contributed by atoms with Crippen LogP contribution in [0.4, 0.5) is 22.7 Å². The number of fused-ring (bicyclic) bond motifs is 3. The van der Waals surface area contributed by atoms with Crippen molar-refractivity contribution < 1.29 is 0 Å². The molecule has 6 nitrogen and oxygen atoms in total. The maximum Gasteiger partial charge on any atom is 0.164 e. The number of rotatable bonds is 5. The van der Waals surface area contributed by atoms with Gasteiger partial charge < -0.3 is 9.80 Å². The van der Waals surface area contributed by atoms with Crippen molar-refractivity contribution in [2.24, 2.45) is 0 Å². The van der Waals surface area contributed by atoms with Crippen molar-refractivity contribution in [1.29, 1.82) is 5.26 Å². The minimum absolute atomic E-state index is 0.497. The molecule has 2 aliphatic heterocycles. The topological polar surface area (TPSA) is 68.9 Å². The van der Waals surface area contributed by atoms with E-state index in [-0.39, 0.29) is 0 Å². The van der Waals surface area contributed by atoms with Crippen LogP contribution in [0.25, 0.3) is 39.7 Å². The largest absolute Gasteiger partial charge is 0.336 e. The molecule has 0 aliphatic carbocycles. The zero-order chi connectivity index (χ0) is 36.4. The summed E-state index contributed by atoms with van der Waals surface area (Å²) in [5.41, 5.74) is 9.88. The number of thioether (sulfide) groups is 1. The summed E-state index contributed by atoms with van der Waals surface area (Å²) in [4.78, 5) is 21.5. The van der Waals surface area contributed by atoms with Gasteiger partial charge in [-0.1, -0.05) is 128 Å². The van der Waals surface area contributed by atoms with Gasteiger partial charge in [0.1, 0.15) is 6.07 Å². The van der Waals surface area contributed by atoms with Gasteiger partial charge in [0.05, 0.1) is 22.6 Å². The summed E-state index contributed by atoms with van der Waals surface area (Å²) in [6.45, 7) is 5.08. The number of hydrogen-bond acceptors (Lipinski definition) is 7. The van der Waals surface area contributed by atoms with E-state index in [1.807, 2.05) is 97.1 Å². The fourth-order valence-electron chi connectivity index (χ4n) is 6.95. The molecule has 0 spiro atoms. The first-order valence-corrected chi connectivity index (χ1v) is 18.5. The highest BCUT2D eigenvalue weighted by atomic mass is 32.2. The SMILES string of the molecule is C=C1/C=C2/Sc3ccccc3N(c3ccccc3)/C2=C/CN(c2ccc(-c3nc(-c4ccccc4)nc(-c4ccccc4)n3)cc2C#N)c2ccccc21. The van der Waals surface area contributed by atoms with Crippen molar-refractivity contribution in [3.8, 4) is 40.2 Å². The summed E-state index contributed by atoms with van der Waals surface area (Å²) >= 11 is 1.75. The first kappa shape index (κ1) is 32.9. The Labute approximate surface area is 318 Å². The maximum atomic E-state index is 10.8. The number of hydrogen-bond donors (Lipinski definition) is 0. The maximum absolute atomic E-state index is 10.8. The standard InChI is InChI=1S/C47H32N6S/c1-32-29-44-42(53(37-19-9-4-10-20-37)41-23-13-14-24-43(41)54-44)27-28-52(40-22-12-11-21-38(32)40)39-26-25-35(30-36(39)31-48)47-50-45(33-15-5-2-6-16-33)49-46(51-47)34-17-7-3-8-18-34/h2-27,29-30H,1,28H2/b42-27+,44-29+. The molecule has 7 heteroatoms. The van der Waals surface area contributed by atoms with E-state index in [0.717, 1.165) is 61.2 Å². The van der Waals surface area contributed by atoms with Gasteiger partial charge in [0, 0.05) is 50.0 Å². The third kappa shape index (κ3) is 6.15. The lowest BCUT2D eigenvalue weighted by molar-refractivity contribution is 1.05. The van der Waals surface area contributed by atoms with Crippen LogP contribution < -0.4 is 9.80 Å². The fraction of sp³-hybridized carbons (Fsp3) is 0.0213. The van der Waals surface area contributed by atoms with Crippen molar-refractivity contribution in [1.82, 2.24) is 15.0 Å². The van der Waals surface area contributed by atoms with Crippen molar-refractivity contribution >= 4 is 40.1 Å². The molecule has 3 heterocycles. The van der Waals surface area contributed by atoms with E-state index in [2.05, 4.69) is 95.3 Å². The summed E-state index contributed by atoms with van der Waals surface area (Å²) in [5, 5.41) is 10.8. The lowest BCUT2D eigenvalue weighted by Crippen LogP contribution is -2.24. The predicted molar refractivity (Wildman–Crippen MR) is 220 cm³/mol. The number of para-hydroxylation sites is 3. The molecule has 0 saturated carbocycles. The van der Waals surface area contributed by atoms with E-state index < -0.39 is 0 Å². The lowest BCUT2D eigenvalue weighted by Gasteiger charge is -2.35. The quantitative estimate of drug-likeness (QED) is 0.176. The Kier molecular flexibility index (Phi) is 8.64. The smallest absolute Gasteiger partial charge is 0.164 e.